The molecule has 3 rings (SSSR count). The zero-order valence-corrected chi connectivity index (χ0v) is 20.3. The highest BCUT2D eigenvalue weighted by Gasteiger charge is 2.40. The Labute approximate surface area is 197 Å². The molecular formula is C23H26N2O6S2. The number of benzene rings is 2. The monoisotopic (exact) mass is 490 g/mol. The SMILES string of the molecule is CSc1ccc(C(=O)COC(=O)[C@@H]2CCCN2S(=O)(=O)c2ccc(C)cc2)cc1NC(C)=O. The highest BCUT2D eigenvalue weighted by Crippen LogP contribution is 2.28. The van der Waals surface area contributed by atoms with Gasteiger partial charge in [0.1, 0.15) is 6.04 Å². The Morgan fingerprint density at radius 1 is 1.15 bits per heavy atom. The molecule has 0 saturated carbocycles. The summed E-state index contributed by atoms with van der Waals surface area (Å²) in [6.07, 6.45) is 2.70. The number of carbonyl (C=O) groups is 3. The number of hydrogen-bond acceptors (Lipinski definition) is 7. The summed E-state index contributed by atoms with van der Waals surface area (Å²) in [4.78, 5) is 37.6. The van der Waals surface area contributed by atoms with Gasteiger partial charge in [0.05, 0.1) is 10.6 Å². The van der Waals surface area contributed by atoms with Crippen LogP contribution in [0.1, 0.15) is 35.7 Å². The van der Waals surface area contributed by atoms with E-state index in [1.807, 2.05) is 13.2 Å². The van der Waals surface area contributed by atoms with Crippen LogP contribution in [0.4, 0.5) is 5.69 Å². The van der Waals surface area contributed by atoms with Gasteiger partial charge in [-0.15, -0.1) is 11.8 Å². The summed E-state index contributed by atoms with van der Waals surface area (Å²) >= 11 is 1.42. The molecule has 0 aliphatic carbocycles. The van der Waals surface area contributed by atoms with Crippen molar-refractivity contribution in [2.24, 2.45) is 0 Å². The van der Waals surface area contributed by atoms with Crippen molar-refractivity contribution in [1.82, 2.24) is 4.31 Å². The van der Waals surface area contributed by atoms with Crippen molar-refractivity contribution in [3.05, 3.63) is 53.6 Å². The van der Waals surface area contributed by atoms with Gasteiger partial charge in [-0.3, -0.25) is 14.4 Å². The number of ether oxygens (including phenoxy) is 1. The van der Waals surface area contributed by atoms with E-state index in [0.29, 0.717) is 18.5 Å². The van der Waals surface area contributed by atoms with E-state index in [9.17, 15) is 22.8 Å². The minimum Gasteiger partial charge on any atom is -0.456 e. The van der Waals surface area contributed by atoms with Gasteiger partial charge < -0.3 is 10.1 Å². The van der Waals surface area contributed by atoms with Gasteiger partial charge in [0.2, 0.25) is 15.9 Å². The molecular weight excluding hydrogens is 464 g/mol. The lowest BCUT2D eigenvalue weighted by molar-refractivity contribution is -0.146. The third-order valence-corrected chi connectivity index (χ3v) is 8.00. The molecule has 8 nitrogen and oxygen atoms in total. The van der Waals surface area contributed by atoms with Gasteiger partial charge in [-0.1, -0.05) is 23.8 Å². The van der Waals surface area contributed by atoms with Gasteiger partial charge in [0, 0.05) is 23.9 Å². The summed E-state index contributed by atoms with van der Waals surface area (Å²) in [5.74, 6) is -1.47. The highest BCUT2D eigenvalue weighted by molar-refractivity contribution is 7.98. The quantitative estimate of drug-likeness (QED) is 0.344. The Balaban J connectivity index is 1.69. The molecule has 1 atom stereocenters. The van der Waals surface area contributed by atoms with E-state index in [2.05, 4.69) is 5.32 Å². The first-order chi connectivity index (χ1) is 15.6. The number of Topliss-reactive ketones (excluding diaryl/α,β-unsaturated/α-hetero) is 1. The predicted octanol–water partition coefficient (Wildman–Crippen LogP) is 3.25. The number of ketones is 1. The fourth-order valence-corrected chi connectivity index (χ4v) is 5.77. The standard InChI is InChI=1S/C23H26N2O6S2/c1-15-6-9-18(10-7-15)33(29,30)25-12-4-5-20(25)23(28)31-14-21(27)17-8-11-22(32-3)19(13-17)24-16(2)26/h6-11,13,20H,4-5,12,14H2,1-3H3,(H,24,26)/t20-/m0/s1. The molecule has 1 heterocycles. The van der Waals surface area contributed by atoms with Crippen LogP contribution in [-0.4, -0.2) is 55.8 Å². The van der Waals surface area contributed by atoms with Gasteiger partial charge in [-0.25, -0.2) is 8.42 Å². The molecule has 0 bridgehead atoms. The third-order valence-electron chi connectivity index (χ3n) is 5.28. The van der Waals surface area contributed by atoms with Gasteiger partial charge in [-0.05, 0) is 50.3 Å². The molecule has 1 saturated heterocycles. The maximum absolute atomic E-state index is 13.0. The lowest BCUT2D eigenvalue weighted by atomic mass is 10.1. The van der Waals surface area contributed by atoms with Crippen molar-refractivity contribution in [2.75, 3.05) is 24.7 Å². The van der Waals surface area contributed by atoms with Crippen molar-refractivity contribution >= 4 is 45.1 Å². The minimum atomic E-state index is -3.86. The Bertz CT molecular complexity index is 1160. The molecule has 0 radical (unpaired) electrons. The van der Waals surface area contributed by atoms with Crippen molar-refractivity contribution in [2.45, 2.75) is 42.5 Å². The highest BCUT2D eigenvalue weighted by atomic mass is 32.2. The van der Waals surface area contributed by atoms with Crippen LogP contribution in [0, 0.1) is 6.92 Å². The van der Waals surface area contributed by atoms with Gasteiger partial charge in [-0.2, -0.15) is 4.31 Å². The second-order valence-electron chi connectivity index (χ2n) is 7.71. The molecule has 0 unspecified atom stereocenters. The van der Waals surface area contributed by atoms with Crippen LogP contribution in [0.5, 0.6) is 0 Å². The first kappa shape index (κ1) is 24.9. The maximum Gasteiger partial charge on any atom is 0.324 e. The summed E-state index contributed by atoms with van der Waals surface area (Å²) < 4.78 is 32.4. The van der Waals surface area contributed by atoms with Crippen molar-refractivity contribution < 1.29 is 27.5 Å². The Morgan fingerprint density at radius 3 is 2.48 bits per heavy atom. The van der Waals surface area contributed by atoms with Crippen LogP contribution in [0.25, 0.3) is 0 Å². The lowest BCUT2D eigenvalue weighted by Gasteiger charge is -2.22. The van der Waals surface area contributed by atoms with Crippen molar-refractivity contribution in [3.8, 4) is 0 Å². The Hall–Kier alpha value is -2.69. The topological polar surface area (TPSA) is 110 Å². The van der Waals surface area contributed by atoms with E-state index in [1.54, 1.807) is 24.3 Å². The summed E-state index contributed by atoms with van der Waals surface area (Å²) in [6, 6.07) is 10.3. The maximum atomic E-state index is 13.0. The molecule has 33 heavy (non-hydrogen) atoms. The number of nitrogens with zero attached hydrogens (tertiary/aromatic N) is 1. The zero-order valence-electron chi connectivity index (χ0n) is 18.7. The Morgan fingerprint density at radius 2 is 1.85 bits per heavy atom. The van der Waals surface area contributed by atoms with Gasteiger partial charge in [0.25, 0.3) is 0 Å². The van der Waals surface area contributed by atoms with Crippen molar-refractivity contribution in [3.63, 3.8) is 0 Å². The molecule has 1 amide bonds. The summed E-state index contributed by atoms with van der Waals surface area (Å²) in [5.41, 5.74) is 1.70. The second kappa shape index (κ2) is 10.5. The smallest absolute Gasteiger partial charge is 0.324 e. The fraction of sp³-hybridized carbons (Fsp3) is 0.348. The number of esters is 1. The number of aryl methyl sites for hydroxylation is 1. The molecule has 0 aromatic heterocycles. The van der Waals surface area contributed by atoms with Gasteiger partial charge in [0.15, 0.2) is 12.4 Å². The Kier molecular flexibility index (Phi) is 7.93. The zero-order chi connectivity index (χ0) is 24.2. The number of sulfonamides is 1. The van der Waals surface area contributed by atoms with Gasteiger partial charge >= 0.3 is 5.97 Å². The second-order valence-corrected chi connectivity index (χ2v) is 10.5. The number of hydrogen-bond donors (Lipinski definition) is 1. The van der Waals surface area contributed by atoms with Crippen LogP contribution >= 0.6 is 11.8 Å². The van der Waals surface area contributed by atoms with Crippen LogP contribution < -0.4 is 5.32 Å². The van der Waals surface area contributed by atoms with Crippen LogP contribution in [0.2, 0.25) is 0 Å². The average molecular weight is 491 g/mol. The number of anilines is 1. The van der Waals surface area contributed by atoms with E-state index >= 15 is 0 Å². The number of nitrogens with one attached hydrogen (secondary N) is 1. The van der Waals surface area contributed by atoms with E-state index < -0.39 is 34.4 Å². The van der Waals surface area contributed by atoms with Crippen molar-refractivity contribution in [1.29, 1.82) is 0 Å². The van der Waals surface area contributed by atoms with E-state index in [-0.39, 0.29) is 22.9 Å². The first-order valence-electron chi connectivity index (χ1n) is 10.4. The average Bonchev–Trinajstić information content (AvgIpc) is 3.28. The molecule has 2 aromatic carbocycles. The van der Waals surface area contributed by atoms with Crippen LogP contribution in [-0.2, 0) is 24.3 Å². The summed E-state index contributed by atoms with van der Waals surface area (Å²) in [7, 11) is -3.86. The third kappa shape index (κ3) is 5.82. The largest absolute Gasteiger partial charge is 0.456 e. The molecule has 2 aromatic rings. The summed E-state index contributed by atoms with van der Waals surface area (Å²) in [5, 5.41) is 2.68. The fourth-order valence-electron chi connectivity index (χ4n) is 3.59. The number of amides is 1. The molecule has 10 heteroatoms. The number of thioether (sulfide) groups is 1. The molecule has 1 fully saturated rings. The van der Waals surface area contributed by atoms with Crippen LogP contribution in [0.15, 0.2) is 52.3 Å². The van der Waals surface area contributed by atoms with E-state index in [1.165, 1.54) is 36.9 Å². The summed E-state index contributed by atoms with van der Waals surface area (Å²) in [6.45, 7) is 2.92. The normalized spacial score (nSPS) is 16.4. The molecule has 1 aliphatic rings. The molecule has 176 valence electrons. The van der Waals surface area contributed by atoms with E-state index in [4.69, 9.17) is 4.74 Å². The molecule has 0 spiro atoms. The lowest BCUT2D eigenvalue weighted by Crippen LogP contribution is -2.41. The van der Waals surface area contributed by atoms with E-state index in [0.717, 1.165) is 14.8 Å². The predicted molar refractivity (Wildman–Crippen MR) is 126 cm³/mol. The van der Waals surface area contributed by atoms with Crippen LogP contribution in [0.3, 0.4) is 0 Å². The minimum absolute atomic E-state index is 0.114. The first-order valence-corrected chi connectivity index (χ1v) is 13.0. The number of carbonyl (C=O) groups excluding carboxylic acids is 3. The molecule has 1 aliphatic heterocycles. The number of rotatable bonds is 8. The molecule has 1 N–H and O–H groups in total.